The summed E-state index contributed by atoms with van der Waals surface area (Å²) < 4.78 is 10.5. The van der Waals surface area contributed by atoms with Crippen molar-refractivity contribution in [3.05, 3.63) is 53.1 Å². The van der Waals surface area contributed by atoms with Crippen LogP contribution in [0, 0.1) is 11.3 Å². The fraction of sp³-hybridized carbons (Fsp3) is 0.348. The van der Waals surface area contributed by atoms with Gasteiger partial charge in [-0.1, -0.05) is 6.07 Å². The Hall–Kier alpha value is -3.73. The third-order valence-corrected chi connectivity index (χ3v) is 5.29. The highest BCUT2D eigenvalue weighted by Gasteiger charge is 2.25. The number of carbonyl (C=O) groups excluding carboxylic acids is 2. The number of methoxy groups -OCH3 is 2. The SMILES string of the molecule is COc1ccc(CNC(=O)c2cc(C#N)ccc2N[C@@H]2CCN(C(C)=O)C2)cc1OC. The van der Waals surface area contributed by atoms with Crippen molar-refractivity contribution in [3.8, 4) is 17.6 Å². The van der Waals surface area contributed by atoms with E-state index < -0.39 is 0 Å². The van der Waals surface area contributed by atoms with Crippen LogP contribution in [0.5, 0.6) is 11.5 Å². The summed E-state index contributed by atoms with van der Waals surface area (Å²) in [5.74, 6) is 0.939. The van der Waals surface area contributed by atoms with Crippen LogP contribution < -0.4 is 20.1 Å². The van der Waals surface area contributed by atoms with Gasteiger partial charge in [0, 0.05) is 38.3 Å². The first kappa shape index (κ1) is 22.0. The smallest absolute Gasteiger partial charge is 0.253 e. The van der Waals surface area contributed by atoms with E-state index in [1.54, 1.807) is 56.4 Å². The van der Waals surface area contributed by atoms with Crippen molar-refractivity contribution in [2.75, 3.05) is 32.6 Å². The minimum atomic E-state index is -0.296. The van der Waals surface area contributed by atoms with E-state index in [1.165, 1.54) is 0 Å². The van der Waals surface area contributed by atoms with Crippen LogP contribution in [-0.2, 0) is 11.3 Å². The van der Waals surface area contributed by atoms with Crippen LogP contribution >= 0.6 is 0 Å². The fourth-order valence-corrected chi connectivity index (χ4v) is 3.58. The van der Waals surface area contributed by atoms with Gasteiger partial charge in [-0.3, -0.25) is 9.59 Å². The summed E-state index contributed by atoms with van der Waals surface area (Å²) in [7, 11) is 3.12. The summed E-state index contributed by atoms with van der Waals surface area (Å²) in [5, 5.41) is 15.5. The molecule has 0 spiro atoms. The number of likely N-dealkylation sites (tertiary alicyclic amines) is 1. The third kappa shape index (κ3) is 5.25. The number of benzene rings is 2. The molecule has 8 nitrogen and oxygen atoms in total. The summed E-state index contributed by atoms with van der Waals surface area (Å²) >= 11 is 0. The van der Waals surface area contributed by atoms with Crippen molar-refractivity contribution in [3.63, 3.8) is 0 Å². The molecule has 1 saturated heterocycles. The average molecular weight is 422 g/mol. The summed E-state index contributed by atoms with van der Waals surface area (Å²) in [6.07, 6.45) is 0.798. The molecule has 1 atom stereocenters. The Bertz CT molecular complexity index is 1020. The highest BCUT2D eigenvalue weighted by atomic mass is 16.5. The van der Waals surface area contributed by atoms with Crippen LogP contribution in [0.25, 0.3) is 0 Å². The molecule has 1 fully saturated rings. The molecule has 162 valence electrons. The molecule has 0 unspecified atom stereocenters. The van der Waals surface area contributed by atoms with E-state index in [1.807, 2.05) is 6.07 Å². The molecule has 0 saturated carbocycles. The first-order chi connectivity index (χ1) is 14.9. The molecule has 0 bridgehead atoms. The van der Waals surface area contributed by atoms with Gasteiger partial charge in [0.15, 0.2) is 11.5 Å². The molecule has 1 heterocycles. The number of nitriles is 1. The van der Waals surface area contributed by atoms with Crippen LogP contribution in [0.15, 0.2) is 36.4 Å². The van der Waals surface area contributed by atoms with E-state index in [2.05, 4.69) is 16.7 Å². The van der Waals surface area contributed by atoms with E-state index in [4.69, 9.17) is 9.47 Å². The average Bonchev–Trinajstić information content (AvgIpc) is 3.26. The normalized spacial score (nSPS) is 15.2. The predicted octanol–water partition coefficient (Wildman–Crippen LogP) is 2.54. The molecule has 1 aliphatic rings. The Labute approximate surface area is 181 Å². The molecular formula is C23H26N4O4. The van der Waals surface area contributed by atoms with Gasteiger partial charge in [0.2, 0.25) is 5.91 Å². The van der Waals surface area contributed by atoms with Crippen LogP contribution in [0.1, 0.15) is 34.8 Å². The van der Waals surface area contributed by atoms with Crippen molar-refractivity contribution >= 4 is 17.5 Å². The first-order valence-corrected chi connectivity index (χ1v) is 10.0. The molecule has 2 amide bonds. The van der Waals surface area contributed by atoms with E-state index in [0.29, 0.717) is 41.4 Å². The standard InChI is InChI=1S/C23H26N4O4/c1-15(28)27-9-8-18(14-27)26-20-6-4-16(12-24)10-19(20)23(29)25-13-17-5-7-21(30-2)22(11-17)31-3/h4-7,10-11,18,26H,8-9,13-14H2,1-3H3,(H,25,29)/t18-/m1/s1. The largest absolute Gasteiger partial charge is 0.493 e. The van der Waals surface area contributed by atoms with E-state index in [0.717, 1.165) is 12.0 Å². The lowest BCUT2D eigenvalue weighted by Crippen LogP contribution is -2.30. The maximum absolute atomic E-state index is 12.9. The molecule has 0 aliphatic carbocycles. The molecule has 0 radical (unpaired) electrons. The zero-order valence-electron chi connectivity index (χ0n) is 17.9. The lowest BCUT2D eigenvalue weighted by atomic mass is 10.1. The minimum Gasteiger partial charge on any atom is -0.493 e. The number of amides is 2. The van der Waals surface area contributed by atoms with Crippen molar-refractivity contribution in [2.45, 2.75) is 25.9 Å². The molecule has 2 N–H and O–H groups in total. The topological polar surface area (TPSA) is 104 Å². The lowest BCUT2D eigenvalue weighted by Gasteiger charge is -2.18. The number of carbonyl (C=O) groups is 2. The van der Waals surface area contributed by atoms with Gasteiger partial charge in [-0.05, 0) is 42.3 Å². The minimum absolute atomic E-state index is 0.0389. The molecule has 2 aromatic rings. The highest BCUT2D eigenvalue weighted by Crippen LogP contribution is 2.27. The van der Waals surface area contributed by atoms with E-state index >= 15 is 0 Å². The quantitative estimate of drug-likeness (QED) is 0.711. The monoisotopic (exact) mass is 422 g/mol. The van der Waals surface area contributed by atoms with Gasteiger partial charge in [-0.15, -0.1) is 0 Å². The van der Waals surface area contributed by atoms with E-state index in [9.17, 15) is 14.9 Å². The maximum atomic E-state index is 12.9. The Kier molecular flexibility index (Phi) is 6.98. The van der Waals surface area contributed by atoms with Crippen LogP contribution in [-0.4, -0.2) is 50.1 Å². The van der Waals surface area contributed by atoms with Gasteiger partial charge >= 0.3 is 0 Å². The van der Waals surface area contributed by atoms with Crippen molar-refractivity contribution in [2.24, 2.45) is 0 Å². The molecule has 8 heteroatoms. The number of nitrogens with zero attached hydrogens (tertiary/aromatic N) is 2. The zero-order valence-corrected chi connectivity index (χ0v) is 17.9. The number of nitrogens with one attached hydrogen (secondary N) is 2. The summed E-state index contributed by atoms with van der Waals surface area (Å²) in [6.45, 7) is 3.11. The van der Waals surface area contributed by atoms with Gasteiger partial charge in [-0.25, -0.2) is 0 Å². The van der Waals surface area contributed by atoms with E-state index in [-0.39, 0.29) is 24.4 Å². The Morgan fingerprint density at radius 3 is 2.58 bits per heavy atom. The highest BCUT2D eigenvalue weighted by molar-refractivity contribution is 6.00. The third-order valence-electron chi connectivity index (χ3n) is 5.29. The second-order valence-electron chi connectivity index (χ2n) is 7.34. The second-order valence-corrected chi connectivity index (χ2v) is 7.34. The Morgan fingerprint density at radius 1 is 1.16 bits per heavy atom. The number of ether oxygens (including phenoxy) is 2. The molecule has 1 aliphatic heterocycles. The number of anilines is 1. The lowest BCUT2D eigenvalue weighted by molar-refractivity contribution is -0.127. The van der Waals surface area contributed by atoms with Crippen LogP contribution in [0.3, 0.4) is 0 Å². The van der Waals surface area contributed by atoms with Crippen LogP contribution in [0.2, 0.25) is 0 Å². The van der Waals surface area contributed by atoms with Gasteiger partial charge in [0.1, 0.15) is 0 Å². The molecule has 3 rings (SSSR count). The fourth-order valence-electron chi connectivity index (χ4n) is 3.58. The van der Waals surface area contributed by atoms with Crippen molar-refractivity contribution < 1.29 is 19.1 Å². The van der Waals surface area contributed by atoms with Gasteiger partial charge in [0.05, 0.1) is 31.4 Å². The van der Waals surface area contributed by atoms with Gasteiger partial charge < -0.3 is 25.0 Å². The van der Waals surface area contributed by atoms with Crippen molar-refractivity contribution in [1.82, 2.24) is 10.2 Å². The predicted molar refractivity (Wildman–Crippen MR) is 116 cm³/mol. The molecule has 31 heavy (non-hydrogen) atoms. The number of hydrogen-bond acceptors (Lipinski definition) is 6. The van der Waals surface area contributed by atoms with Gasteiger partial charge in [-0.2, -0.15) is 5.26 Å². The van der Waals surface area contributed by atoms with Crippen molar-refractivity contribution in [1.29, 1.82) is 5.26 Å². The van der Waals surface area contributed by atoms with Gasteiger partial charge in [0.25, 0.3) is 5.91 Å². The molecule has 0 aromatic heterocycles. The summed E-state index contributed by atoms with van der Waals surface area (Å²) in [6, 6.07) is 12.5. The number of rotatable bonds is 7. The summed E-state index contributed by atoms with van der Waals surface area (Å²) in [4.78, 5) is 26.3. The zero-order chi connectivity index (χ0) is 22.4. The van der Waals surface area contributed by atoms with Crippen LogP contribution in [0.4, 0.5) is 5.69 Å². The molecular weight excluding hydrogens is 396 g/mol. The number of hydrogen-bond donors (Lipinski definition) is 2. The Balaban J connectivity index is 1.74. The summed E-state index contributed by atoms with van der Waals surface area (Å²) in [5.41, 5.74) is 2.28. The molecule has 2 aromatic carbocycles. The second kappa shape index (κ2) is 9.85. The first-order valence-electron chi connectivity index (χ1n) is 10.0. The Morgan fingerprint density at radius 2 is 1.94 bits per heavy atom. The maximum Gasteiger partial charge on any atom is 0.253 e.